The van der Waals surface area contributed by atoms with Crippen LogP contribution in [0, 0.1) is 5.82 Å². The molecular formula is C16H18ClFN4O. The van der Waals surface area contributed by atoms with Crippen molar-refractivity contribution in [3.8, 4) is 5.88 Å². The molecule has 3 rings (SSSR count). The van der Waals surface area contributed by atoms with Gasteiger partial charge in [0.25, 0.3) is 0 Å². The molecule has 23 heavy (non-hydrogen) atoms. The summed E-state index contributed by atoms with van der Waals surface area (Å²) in [6, 6.07) is 6.51. The first kappa shape index (κ1) is 16.0. The van der Waals surface area contributed by atoms with Gasteiger partial charge in [-0.25, -0.2) is 9.37 Å². The van der Waals surface area contributed by atoms with Gasteiger partial charge in [0.05, 0.1) is 7.11 Å². The average Bonchev–Trinajstić information content (AvgIpc) is 2.59. The van der Waals surface area contributed by atoms with Crippen molar-refractivity contribution in [3.05, 3.63) is 46.9 Å². The van der Waals surface area contributed by atoms with Crippen molar-refractivity contribution in [3.63, 3.8) is 0 Å². The summed E-state index contributed by atoms with van der Waals surface area (Å²) in [6.45, 7) is 3.66. The van der Waals surface area contributed by atoms with Crippen LogP contribution in [-0.2, 0) is 6.54 Å². The first-order chi connectivity index (χ1) is 11.2. The maximum Gasteiger partial charge on any atom is 0.228 e. The summed E-state index contributed by atoms with van der Waals surface area (Å²) in [4.78, 5) is 12.9. The molecule has 0 N–H and O–H groups in total. The van der Waals surface area contributed by atoms with Gasteiger partial charge in [-0.1, -0.05) is 17.7 Å². The van der Waals surface area contributed by atoms with Crippen molar-refractivity contribution >= 4 is 17.5 Å². The summed E-state index contributed by atoms with van der Waals surface area (Å²) in [5.74, 6) is 0.958. The highest BCUT2D eigenvalue weighted by atomic mass is 35.5. The van der Waals surface area contributed by atoms with Gasteiger partial charge in [0.1, 0.15) is 5.82 Å². The zero-order valence-electron chi connectivity index (χ0n) is 12.9. The molecule has 0 bridgehead atoms. The monoisotopic (exact) mass is 336 g/mol. The summed E-state index contributed by atoms with van der Waals surface area (Å²) in [6.07, 6.45) is 1.69. The molecule has 0 amide bonds. The highest BCUT2D eigenvalue weighted by Gasteiger charge is 2.21. The van der Waals surface area contributed by atoms with Crippen LogP contribution in [-0.4, -0.2) is 48.2 Å². The molecule has 0 saturated carbocycles. The van der Waals surface area contributed by atoms with Gasteiger partial charge >= 0.3 is 0 Å². The molecule has 2 heterocycles. The van der Waals surface area contributed by atoms with E-state index in [1.165, 1.54) is 6.07 Å². The predicted octanol–water partition coefficient (Wildman–Crippen LogP) is 2.60. The minimum Gasteiger partial charge on any atom is -0.481 e. The van der Waals surface area contributed by atoms with Gasteiger partial charge in [-0.15, -0.1) is 0 Å². The van der Waals surface area contributed by atoms with Gasteiger partial charge in [0, 0.05) is 55.6 Å². The molecule has 0 unspecified atom stereocenters. The molecule has 0 radical (unpaired) electrons. The number of halogens is 2. The molecule has 0 spiro atoms. The number of methoxy groups -OCH3 is 1. The van der Waals surface area contributed by atoms with E-state index in [0.29, 0.717) is 29.0 Å². The summed E-state index contributed by atoms with van der Waals surface area (Å²) in [7, 11) is 1.59. The molecule has 0 aliphatic carbocycles. The fourth-order valence-corrected chi connectivity index (χ4v) is 2.83. The zero-order valence-corrected chi connectivity index (χ0v) is 13.6. The Labute approximate surface area is 139 Å². The van der Waals surface area contributed by atoms with E-state index in [0.717, 1.165) is 26.2 Å². The molecule has 1 aliphatic heterocycles. The molecule has 1 aromatic carbocycles. The smallest absolute Gasteiger partial charge is 0.228 e. The number of hydrogen-bond donors (Lipinski definition) is 0. The van der Waals surface area contributed by atoms with Gasteiger partial charge in [0.2, 0.25) is 11.8 Å². The third kappa shape index (κ3) is 3.71. The van der Waals surface area contributed by atoms with Crippen molar-refractivity contribution < 1.29 is 9.13 Å². The molecule has 2 aromatic rings. The second-order valence-corrected chi connectivity index (χ2v) is 5.77. The molecule has 1 fully saturated rings. The molecule has 122 valence electrons. The molecule has 1 aliphatic rings. The van der Waals surface area contributed by atoms with Crippen LogP contribution in [0.1, 0.15) is 5.56 Å². The first-order valence-electron chi connectivity index (χ1n) is 7.44. The summed E-state index contributed by atoms with van der Waals surface area (Å²) in [5.41, 5.74) is 0.556. The number of rotatable bonds is 4. The normalized spacial score (nSPS) is 15.7. The Bertz CT molecular complexity index is 657. The largest absolute Gasteiger partial charge is 0.481 e. The SMILES string of the molecule is COc1ccnc(N2CCN(Cc3c(F)cccc3Cl)CC2)n1. The van der Waals surface area contributed by atoms with E-state index >= 15 is 0 Å². The fraction of sp³-hybridized carbons (Fsp3) is 0.375. The third-order valence-corrected chi connectivity index (χ3v) is 4.28. The Kier molecular flexibility index (Phi) is 4.93. The van der Waals surface area contributed by atoms with Crippen molar-refractivity contribution in [2.75, 3.05) is 38.2 Å². The standard InChI is InChI=1S/C16H18ClFN4O/c1-23-15-5-6-19-16(20-15)22-9-7-21(8-10-22)11-12-13(17)3-2-4-14(12)18/h2-6H,7-11H2,1H3. The van der Waals surface area contributed by atoms with Gasteiger partial charge < -0.3 is 9.64 Å². The van der Waals surface area contributed by atoms with Crippen LogP contribution in [0.15, 0.2) is 30.5 Å². The lowest BCUT2D eigenvalue weighted by atomic mass is 10.2. The average molecular weight is 337 g/mol. The van der Waals surface area contributed by atoms with Crippen LogP contribution in [0.5, 0.6) is 5.88 Å². The lowest BCUT2D eigenvalue weighted by Crippen LogP contribution is -2.46. The summed E-state index contributed by atoms with van der Waals surface area (Å²) >= 11 is 6.10. The number of hydrogen-bond acceptors (Lipinski definition) is 5. The Hall–Kier alpha value is -1.92. The maximum atomic E-state index is 13.9. The number of benzene rings is 1. The highest BCUT2D eigenvalue weighted by molar-refractivity contribution is 6.31. The lowest BCUT2D eigenvalue weighted by molar-refractivity contribution is 0.245. The van der Waals surface area contributed by atoms with Gasteiger partial charge in [-0.2, -0.15) is 4.98 Å². The Morgan fingerprint density at radius 1 is 1.22 bits per heavy atom. The van der Waals surface area contributed by atoms with Crippen molar-refractivity contribution in [2.24, 2.45) is 0 Å². The minimum atomic E-state index is -0.254. The van der Waals surface area contributed by atoms with E-state index in [4.69, 9.17) is 16.3 Å². The Morgan fingerprint density at radius 3 is 2.70 bits per heavy atom. The Balaban J connectivity index is 1.62. The second kappa shape index (κ2) is 7.10. The molecular weight excluding hydrogens is 319 g/mol. The fourth-order valence-electron chi connectivity index (χ4n) is 2.61. The number of nitrogens with zero attached hydrogens (tertiary/aromatic N) is 4. The lowest BCUT2D eigenvalue weighted by Gasteiger charge is -2.34. The molecule has 1 aromatic heterocycles. The molecule has 1 saturated heterocycles. The van der Waals surface area contributed by atoms with Crippen molar-refractivity contribution in [1.29, 1.82) is 0 Å². The number of anilines is 1. The van der Waals surface area contributed by atoms with E-state index in [-0.39, 0.29) is 5.82 Å². The maximum absolute atomic E-state index is 13.9. The number of aromatic nitrogens is 2. The molecule has 5 nitrogen and oxygen atoms in total. The van der Waals surface area contributed by atoms with E-state index in [2.05, 4.69) is 19.8 Å². The zero-order chi connectivity index (χ0) is 16.2. The van der Waals surface area contributed by atoms with Crippen LogP contribution < -0.4 is 9.64 Å². The third-order valence-electron chi connectivity index (χ3n) is 3.92. The van der Waals surface area contributed by atoms with E-state index in [9.17, 15) is 4.39 Å². The molecule has 0 atom stereocenters. The van der Waals surface area contributed by atoms with Gasteiger partial charge in [-0.3, -0.25) is 4.90 Å². The molecule has 7 heteroatoms. The predicted molar refractivity (Wildman–Crippen MR) is 87.5 cm³/mol. The van der Waals surface area contributed by atoms with Gasteiger partial charge in [0.15, 0.2) is 0 Å². The van der Waals surface area contributed by atoms with E-state index in [1.54, 1.807) is 31.5 Å². The van der Waals surface area contributed by atoms with E-state index in [1.807, 2.05) is 0 Å². The van der Waals surface area contributed by atoms with Crippen LogP contribution in [0.25, 0.3) is 0 Å². The quantitative estimate of drug-likeness (QED) is 0.858. The number of ether oxygens (including phenoxy) is 1. The Morgan fingerprint density at radius 2 is 2.00 bits per heavy atom. The second-order valence-electron chi connectivity index (χ2n) is 5.36. The minimum absolute atomic E-state index is 0.254. The van der Waals surface area contributed by atoms with E-state index < -0.39 is 0 Å². The highest BCUT2D eigenvalue weighted by Crippen LogP contribution is 2.22. The number of piperazine rings is 1. The van der Waals surface area contributed by atoms with Crippen LogP contribution in [0.4, 0.5) is 10.3 Å². The summed E-state index contributed by atoms with van der Waals surface area (Å²) < 4.78 is 19.0. The van der Waals surface area contributed by atoms with Crippen molar-refractivity contribution in [2.45, 2.75) is 6.54 Å². The summed E-state index contributed by atoms with van der Waals surface area (Å²) in [5, 5.41) is 0.476. The topological polar surface area (TPSA) is 41.5 Å². The van der Waals surface area contributed by atoms with Crippen LogP contribution in [0.3, 0.4) is 0 Å². The van der Waals surface area contributed by atoms with Crippen molar-refractivity contribution in [1.82, 2.24) is 14.9 Å². The van der Waals surface area contributed by atoms with Gasteiger partial charge in [-0.05, 0) is 12.1 Å². The van der Waals surface area contributed by atoms with Crippen LogP contribution in [0.2, 0.25) is 5.02 Å². The first-order valence-corrected chi connectivity index (χ1v) is 7.82. The van der Waals surface area contributed by atoms with Crippen LogP contribution >= 0.6 is 11.6 Å².